The summed E-state index contributed by atoms with van der Waals surface area (Å²) in [5.41, 5.74) is 6.21. The minimum Gasteiger partial charge on any atom is -0.396 e. The van der Waals surface area contributed by atoms with Crippen molar-refractivity contribution in [1.82, 2.24) is 9.78 Å². The van der Waals surface area contributed by atoms with Crippen LogP contribution in [0.5, 0.6) is 0 Å². The summed E-state index contributed by atoms with van der Waals surface area (Å²) in [6.45, 7) is 0. The quantitative estimate of drug-likeness (QED) is 0.413. The van der Waals surface area contributed by atoms with E-state index in [0.29, 0.717) is 0 Å². The summed E-state index contributed by atoms with van der Waals surface area (Å²) in [6.07, 6.45) is 3.49. The molecular weight excluding hydrogens is 123 g/mol. The Balaban J connectivity index is 2.96. The lowest BCUT2D eigenvalue weighted by Crippen LogP contribution is -2.35. The Morgan fingerprint density at radius 3 is 2.30 bits per heavy atom. The SMILES string of the molecule is BC(B)(B)n1cc(N)cn1. The molecule has 0 amide bonds. The number of hydrogen-bond acceptors (Lipinski definition) is 2. The number of nitrogen functional groups attached to an aromatic ring is 1. The van der Waals surface area contributed by atoms with Gasteiger partial charge in [-0.05, 0) is 5.24 Å². The summed E-state index contributed by atoms with van der Waals surface area (Å²) >= 11 is 0. The second kappa shape index (κ2) is 2.11. The number of hydrogen-bond donors (Lipinski definition) is 1. The maximum atomic E-state index is 5.49. The van der Waals surface area contributed by atoms with Gasteiger partial charge in [0.2, 0.25) is 0 Å². The average molecular weight is 133 g/mol. The van der Waals surface area contributed by atoms with Crippen molar-refractivity contribution in [3.8, 4) is 0 Å². The van der Waals surface area contributed by atoms with Crippen LogP contribution in [-0.2, 0) is 5.24 Å². The Morgan fingerprint density at radius 1 is 1.50 bits per heavy atom. The molecule has 1 aromatic rings. The minimum atomic E-state index is 0.0393. The molecular formula is C4H10B3N3. The third-order valence-corrected chi connectivity index (χ3v) is 1.29. The van der Waals surface area contributed by atoms with Crippen molar-refractivity contribution in [2.24, 2.45) is 0 Å². The van der Waals surface area contributed by atoms with Crippen LogP contribution in [-0.4, -0.2) is 33.3 Å². The highest BCUT2D eigenvalue weighted by Crippen LogP contribution is 2.04. The van der Waals surface area contributed by atoms with Crippen LogP contribution < -0.4 is 5.73 Å². The molecule has 0 atom stereocenters. The normalized spacial score (nSPS) is 11.6. The highest BCUT2D eigenvalue weighted by molar-refractivity contribution is 6.56. The number of rotatable bonds is 1. The summed E-state index contributed by atoms with van der Waals surface area (Å²) < 4.78 is 1.85. The van der Waals surface area contributed by atoms with Gasteiger partial charge in [0, 0.05) is 6.20 Å². The standard InChI is InChI=1S/C4H10B3N3/c5-4(6,7)10-2-3(8)1-9-10/h1-2H,5-8H2. The smallest absolute Gasteiger partial charge is 0.116 e. The maximum Gasteiger partial charge on any atom is 0.116 e. The predicted molar refractivity (Wildman–Crippen MR) is 50.2 cm³/mol. The van der Waals surface area contributed by atoms with Crippen LogP contribution in [0.25, 0.3) is 0 Å². The molecule has 0 aliphatic heterocycles. The Morgan fingerprint density at radius 2 is 2.10 bits per heavy atom. The van der Waals surface area contributed by atoms with Crippen molar-refractivity contribution in [2.75, 3.05) is 5.73 Å². The van der Waals surface area contributed by atoms with Crippen molar-refractivity contribution in [2.45, 2.75) is 5.24 Å². The number of anilines is 1. The highest BCUT2D eigenvalue weighted by Gasteiger charge is 2.13. The average Bonchev–Trinajstić information content (AvgIpc) is 2.11. The van der Waals surface area contributed by atoms with Crippen LogP contribution in [0, 0.1) is 0 Å². The van der Waals surface area contributed by atoms with Gasteiger partial charge in [-0.2, -0.15) is 5.10 Å². The first kappa shape index (κ1) is 7.31. The van der Waals surface area contributed by atoms with Gasteiger partial charge in [-0.25, -0.2) is 0 Å². The largest absolute Gasteiger partial charge is 0.396 e. The summed E-state index contributed by atoms with van der Waals surface area (Å²) in [6, 6.07) is 0. The Hall–Kier alpha value is -0.795. The van der Waals surface area contributed by atoms with Crippen molar-refractivity contribution in [3.63, 3.8) is 0 Å². The van der Waals surface area contributed by atoms with Crippen LogP contribution in [0.4, 0.5) is 5.69 Å². The Bertz CT molecular complexity index is 226. The molecule has 0 unspecified atom stereocenters. The zero-order valence-corrected chi connectivity index (χ0v) is 6.63. The molecule has 50 valence electrons. The topological polar surface area (TPSA) is 43.8 Å². The summed E-state index contributed by atoms with van der Waals surface area (Å²) in [5, 5.41) is 4.12. The van der Waals surface area contributed by atoms with E-state index in [1.807, 2.05) is 10.9 Å². The van der Waals surface area contributed by atoms with E-state index in [9.17, 15) is 0 Å². The number of nitrogens with zero attached hydrogens (tertiary/aromatic N) is 2. The number of nitrogens with two attached hydrogens (primary N) is 1. The van der Waals surface area contributed by atoms with E-state index in [0.717, 1.165) is 5.69 Å². The van der Waals surface area contributed by atoms with E-state index in [-0.39, 0.29) is 5.24 Å². The first-order valence-corrected chi connectivity index (χ1v) is 3.31. The van der Waals surface area contributed by atoms with Gasteiger partial charge < -0.3 is 5.73 Å². The van der Waals surface area contributed by atoms with Crippen molar-refractivity contribution in [3.05, 3.63) is 12.4 Å². The van der Waals surface area contributed by atoms with Gasteiger partial charge in [-0.3, -0.25) is 4.68 Å². The molecule has 0 aliphatic rings. The van der Waals surface area contributed by atoms with Gasteiger partial charge in [0.05, 0.1) is 11.9 Å². The van der Waals surface area contributed by atoms with Crippen LogP contribution >= 0.6 is 0 Å². The third kappa shape index (κ3) is 1.37. The van der Waals surface area contributed by atoms with Crippen LogP contribution in [0.1, 0.15) is 0 Å². The fourth-order valence-electron chi connectivity index (χ4n) is 0.704. The zero-order valence-electron chi connectivity index (χ0n) is 6.63. The summed E-state index contributed by atoms with van der Waals surface area (Å²) in [5.74, 6) is 0. The van der Waals surface area contributed by atoms with Crippen LogP contribution in [0.2, 0.25) is 0 Å². The number of aromatic nitrogens is 2. The first-order valence-electron chi connectivity index (χ1n) is 3.31. The van der Waals surface area contributed by atoms with E-state index < -0.39 is 0 Å². The van der Waals surface area contributed by atoms with Crippen molar-refractivity contribution >= 4 is 29.2 Å². The zero-order chi connectivity index (χ0) is 7.78. The van der Waals surface area contributed by atoms with Gasteiger partial charge >= 0.3 is 0 Å². The van der Waals surface area contributed by atoms with E-state index in [1.54, 1.807) is 6.20 Å². The first-order chi connectivity index (χ1) is 4.50. The van der Waals surface area contributed by atoms with E-state index in [1.165, 1.54) is 0 Å². The minimum absolute atomic E-state index is 0.0393. The molecule has 1 heterocycles. The molecule has 0 saturated heterocycles. The third-order valence-electron chi connectivity index (χ3n) is 1.29. The molecule has 0 bridgehead atoms. The fourth-order valence-corrected chi connectivity index (χ4v) is 0.704. The monoisotopic (exact) mass is 133 g/mol. The Kier molecular flexibility index (Phi) is 1.54. The van der Waals surface area contributed by atoms with Gasteiger partial charge in [-0.1, -0.05) is 0 Å². The lowest BCUT2D eigenvalue weighted by Gasteiger charge is -2.18. The molecule has 0 radical (unpaired) electrons. The van der Waals surface area contributed by atoms with Gasteiger partial charge in [0.1, 0.15) is 23.5 Å². The molecule has 0 saturated carbocycles. The molecule has 0 spiro atoms. The van der Waals surface area contributed by atoms with Gasteiger partial charge in [0.15, 0.2) is 0 Å². The molecule has 2 N–H and O–H groups in total. The van der Waals surface area contributed by atoms with E-state index in [4.69, 9.17) is 5.73 Å². The van der Waals surface area contributed by atoms with E-state index in [2.05, 4.69) is 28.6 Å². The van der Waals surface area contributed by atoms with Gasteiger partial charge in [-0.15, -0.1) is 0 Å². The van der Waals surface area contributed by atoms with E-state index >= 15 is 0 Å². The lowest BCUT2D eigenvalue weighted by molar-refractivity contribution is 0.671. The molecule has 0 aromatic carbocycles. The van der Waals surface area contributed by atoms with Gasteiger partial charge in [0.25, 0.3) is 0 Å². The van der Waals surface area contributed by atoms with Crippen LogP contribution in [0.15, 0.2) is 12.4 Å². The second-order valence-electron chi connectivity index (χ2n) is 3.39. The molecule has 6 heteroatoms. The molecule has 1 aromatic heterocycles. The lowest BCUT2D eigenvalue weighted by atomic mass is 9.49. The fraction of sp³-hybridized carbons (Fsp3) is 0.250. The molecule has 3 nitrogen and oxygen atoms in total. The summed E-state index contributed by atoms with van der Waals surface area (Å²) in [4.78, 5) is 0. The second-order valence-corrected chi connectivity index (χ2v) is 3.39. The maximum absolute atomic E-state index is 5.49. The summed E-state index contributed by atoms with van der Waals surface area (Å²) in [7, 11) is 6.25. The molecule has 0 aliphatic carbocycles. The van der Waals surface area contributed by atoms with Crippen molar-refractivity contribution < 1.29 is 0 Å². The highest BCUT2D eigenvalue weighted by atomic mass is 15.3. The molecule has 10 heavy (non-hydrogen) atoms. The Labute approximate surface area is 63.2 Å². The van der Waals surface area contributed by atoms with Crippen molar-refractivity contribution in [1.29, 1.82) is 0 Å². The molecule has 0 fully saturated rings. The predicted octanol–water partition coefficient (Wildman–Crippen LogP) is -3.07. The molecule has 1 rings (SSSR count). The van der Waals surface area contributed by atoms with Crippen LogP contribution in [0.3, 0.4) is 0 Å².